The molecule has 0 bridgehead atoms. The van der Waals surface area contributed by atoms with E-state index in [0.717, 1.165) is 25.7 Å². The molecule has 0 aliphatic heterocycles. The molecule has 0 aromatic carbocycles. The summed E-state index contributed by atoms with van der Waals surface area (Å²) in [6, 6.07) is 0. The Morgan fingerprint density at radius 1 is 0.933 bits per heavy atom. The fourth-order valence-electron chi connectivity index (χ4n) is 1.12. The number of unbranched alkanes of at least 4 members (excludes halogenated alkanes) is 2. The number of rotatable bonds is 9. The Bertz CT molecular complexity index is 179. The Balaban J connectivity index is 3.67. The molecule has 2 heteroatoms. The molecule has 0 unspecified atom stereocenters. The molecule has 1 radical (unpaired) electrons. The van der Waals surface area contributed by atoms with Crippen LogP contribution in [0.3, 0.4) is 0 Å². The molecule has 85 valence electrons. The summed E-state index contributed by atoms with van der Waals surface area (Å²) in [5.74, 6) is 0. The van der Waals surface area contributed by atoms with Crippen LogP contribution < -0.4 is 0 Å². The van der Waals surface area contributed by atoms with Gasteiger partial charge in [-0.05, 0) is 12.8 Å². The van der Waals surface area contributed by atoms with Crippen LogP contribution in [0.2, 0.25) is 0 Å². The first-order valence-corrected chi connectivity index (χ1v) is 5.77. The van der Waals surface area contributed by atoms with Gasteiger partial charge in [0.15, 0.2) is 0 Å². The highest BCUT2D eigenvalue weighted by Gasteiger charge is 1.95. The van der Waals surface area contributed by atoms with Gasteiger partial charge in [-0.25, -0.2) is 0 Å². The summed E-state index contributed by atoms with van der Waals surface area (Å²) < 4.78 is 0. The molecule has 1 amide bonds. The zero-order valence-corrected chi connectivity index (χ0v) is 9.91. The van der Waals surface area contributed by atoms with Crippen LogP contribution >= 0.6 is 0 Å². The Morgan fingerprint density at radius 2 is 1.40 bits per heavy atom. The molecule has 2 nitrogen and oxygen atoms in total. The standard InChI is InChI=1S/C13H22NO/c1-3-5-7-9-11-14(13-15)12-10-8-6-4-2/h7-10H,3-6,11-12H2,1-2H3/b9-7+,10-8+. The van der Waals surface area contributed by atoms with E-state index >= 15 is 0 Å². The van der Waals surface area contributed by atoms with Crippen molar-refractivity contribution >= 4 is 6.41 Å². The zero-order valence-electron chi connectivity index (χ0n) is 9.91. The highest BCUT2D eigenvalue weighted by Crippen LogP contribution is 1.93. The second-order valence-electron chi connectivity index (χ2n) is 3.52. The predicted octanol–water partition coefficient (Wildman–Crippen LogP) is 3.07. The third-order valence-electron chi connectivity index (χ3n) is 2.02. The lowest BCUT2D eigenvalue weighted by atomic mass is 10.3. The van der Waals surface area contributed by atoms with E-state index in [2.05, 4.69) is 26.0 Å². The molecule has 0 aliphatic rings. The van der Waals surface area contributed by atoms with Crippen molar-refractivity contribution in [2.75, 3.05) is 13.1 Å². The van der Waals surface area contributed by atoms with Crippen molar-refractivity contribution in [3.05, 3.63) is 24.3 Å². The van der Waals surface area contributed by atoms with Crippen LogP contribution in [0.1, 0.15) is 39.5 Å². The SMILES string of the molecule is CCC/C=C/CN([C]=O)C/C=C/CCC. The van der Waals surface area contributed by atoms with E-state index in [1.807, 2.05) is 18.6 Å². The van der Waals surface area contributed by atoms with Crippen LogP contribution in [0.15, 0.2) is 24.3 Å². The molecule has 0 saturated heterocycles. The summed E-state index contributed by atoms with van der Waals surface area (Å²) in [5.41, 5.74) is 0. The molecule has 0 spiro atoms. The molecule has 15 heavy (non-hydrogen) atoms. The van der Waals surface area contributed by atoms with Gasteiger partial charge in [0.2, 0.25) is 0 Å². The van der Waals surface area contributed by atoms with E-state index in [9.17, 15) is 4.79 Å². The minimum atomic E-state index is 0.667. The first-order valence-electron chi connectivity index (χ1n) is 5.77. The van der Waals surface area contributed by atoms with Crippen molar-refractivity contribution in [1.29, 1.82) is 0 Å². The number of hydrogen-bond donors (Lipinski definition) is 0. The summed E-state index contributed by atoms with van der Waals surface area (Å²) >= 11 is 0. The van der Waals surface area contributed by atoms with Crippen molar-refractivity contribution in [3.63, 3.8) is 0 Å². The highest BCUT2D eigenvalue weighted by atomic mass is 16.1. The maximum Gasteiger partial charge on any atom is 0.312 e. The predicted molar refractivity (Wildman–Crippen MR) is 65.4 cm³/mol. The van der Waals surface area contributed by atoms with Gasteiger partial charge in [-0.3, -0.25) is 4.79 Å². The molecule has 0 aliphatic carbocycles. The van der Waals surface area contributed by atoms with Gasteiger partial charge in [-0.1, -0.05) is 51.0 Å². The molecule has 0 heterocycles. The summed E-state index contributed by atoms with van der Waals surface area (Å²) in [6.07, 6.45) is 14.7. The molecule has 0 atom stereocenters. The monoisotopic (exact) mass is 208 g/mol. The van der Waals surface area contributed by atoms with Crippen molar-refractivity contribution in [2.24, 2.45) is 0 Å². The Labute approximate surface area is 93.7 Å². The van der Waals surface area contributed by atoms with Gasteiger partial charge in [0, 0.05) is 13.1 Å². The smallest absolute Gasteiger partial charge is 0.312 e. The molecular weight excluding hydrogens is 186 g/mol. The lowest BCUT2D eigenvalue weighted by Gasteiger charge is -2.10. The van der Waals surface area contributed by atoms with Crippen LogP contribution in [0, 0.1) is 0 Å². The number of carbonyl (C=O) groups excluding carboxylic acids is 1. The van der Waals surface area contributed by atoms with E-state index in [-0.39, 0.29) is 0 Å². The Kier molecular flexibility index (Phi) is 10.3. The summed E-state index contributed by atoms with van der Waals surface area (Å²) in [6.45, 7) is 5.61. The minimum Gasteiger partial charge on any atom is -0.327 e. The van der Waals surface area contributed by atoms with Crippen molar-refractivity contribution in [1.82, 2.24) is 4.90 Å². The van der Waals surface area contributed by atoms with Crippen LogP contribution in [-0.4, -0.2) is 24.4 Å². The molecule has 0 rings (SSSR count). The lowest BCUT2D eigenvalue weighted by molar-refractivity contribution is 0.436. The molecule has 0 N–H and O–H groups in total. The highest BCUT2D eigenvalue weighted by molar-refractivity contribution is 5.48. The maximum atomic E-state index is 10.6. The zero-order chi connectivity index (χ0) is 11.4. The number of amides is 1. The van der Waals surface area contributed by atoms with Crippen molar-refractivity contribution in [2.45, 2.75) is 39.5 Å². The fraction of sp³-hybridized carbons (Fsp3) is 0.615. The molecule has 0 fully saturated rings. The second kappa shape index (κ2) is 11.0. The molecule has 0 aromatic rings. The molecule has 0 aromatic heterocycles. The van der Waals surface area contributed by atoms with E-state index in [1.165, 1.54) is 0 Å². The van der Waals surface area contributed by atoms with Crippen LogP contribution in [-0.2, 0) is 4.79 Å². The van der Waals surface area contributed by atoms with Gasteiger partial charge in [0.25, 0.3) is 0 Å². The minimum absolute atomic E-state index is 0.667. The third-order valence-corrected chi connectivity index (χ3v) is 2.02. The number of nitrogens with zero attached hydrogens (tertiary/aromatic N) is 1. The van der Waals surface area contributed by atoms with Crippen LogP contribution in [0.4, 0.5) is 0 Å². The van der Waals surface area contributed by atoms with Crippen molar-refractivity contribution in [3.8, 4) is 0 Å². The Hall–Kier alpha value is -1.05. The quantitative estimate of drug-likeness (QED) is 0.421. The Morgan fingerprint density at radius 3 is 1.73 bits per heavy atom. The van der Waals surface area contributed by atoms with Gasteiger partial charge >= 0.3 is 6.41 Å². The summed E-state index contributed by atoms with van der Waals surface area (Å²) in [7, 11) is 0. The van der Waals surface area contributed by atoms with E-state index in [4.69, 9.17) is 0 Å². The average molecular weight is 208 g/mol. The summed E-state index contributed by atoms with van der Waals surface area (Å²) in [5, 5.41) is 0. The number of allylic oxidation sites excluding steroid dienone is 2. The topological polar surface area (TPSA) is 20.3 Å². The van der Waals surface area contributed by atoms with Gasteiger partial charge in [-0.15, -0.1) is 0 Å². The first kappa shape index (κ1) is 13.9. The van der Waals surface area contributed by atoms with E-state index in [0.29, 0.717) is 13.1 Å². The van der Waals surface area contributed by atoms with Crippen LogP contribution in [0.5, 0.6) is 0 Å². The van der Waals surface area contributed by atoms with Crippen LogP contribution in [0.25, 0.3) is 0 Å². The maximum absolute atomic E-state index is 10.6. The second-order valence-corrected chi connectivity index (χ2v) is 3.52. The van der Waals surface area contributed by atoms with Gasteiger partial charge in [0.05, 0.1) is 0 Å². The molecular formula is C13H22NO. The van der Waals surface area contributed by atoms with Gasteiger partial charge in [-0.2, -0.15) is 0 Å². The largest absolute Gasteiger partial charge is 0.327 e. The molecule has 0 saturated carbocycles. The first-order chi connectivity index (χ1) is 7.35. The summed E-state index contributed by atoms with van der Waals surface area (Å²) in [4.78, 5) is 12.2. The van der Waals surface area contributed by atoms with E-state index < -0.39 is 0 Å². The van der Waals surface area contributed by atoms with E-state index in [1.54, 1.807) is 4.90 Å². The third kappa shape index (κ3) is 9.26. The average Bonchev–Trinajstić information content (AvgIpc) is 2.27. The number of hydrogen-bond acceptors (Lipinski definition) is 1. The van der Waals surface area contributed by atoms with Gasteiger partial charge in [0.1, 0.15) is 0 Å². The fourth-order valence-corrected chi connectivity index (χ4v) is 1.12. The van der Waals surface area contributed by atoms with Crippen molar-refractivity contribution < 1.29 is 4.79 Å². The van der Waals surface area contributed by atoms with Gasteiger partial charge < -0.3 is 4.90 Å². The lowest BCUT2D eigenvalue weighted by Crippen LogP contribution is -2.21. The normalized spacial score (nSPS) is 11.3.